The van der Waals surface area contributed by atoms with Gasteiger partial charge in [0.05, 0.1) is 6.10 Å². The summed E-state index contributed by atoms with van der Waals surface area (Å²) in [4.78, 5) is 4.81. The Balaban J connectivity index is 1.75. The fourth-order valence-electron chi connectivity index (χ4n) is 2.79. The molecule has 1 saturated carbocycles. The predicted molar refractivity (Wildman–Crippen MR) is 65.6 cm³/mol. The van der Waals surface area contributed by atoms with Crippen LogP contribution in [0.4, 0.5) is 0 Å². The summed E-state index contributed by atoms with van der Waals surface area (Å²) in [5.41, 5.74) is 0. The predicted octanol–water partition coefficient (Wildman–Crippen LogP) is -0.265. The highest BCUT2D eigenvalue weighted by molar-refractivity contribution is 4.86. The highest BCUT2D eigenvalue weighted by Crippen LogP contribution is 2.19. The standard InChI is InChI=1S/C12H25N3O/c1-14-6-7-15(2)10(9-14)8-13-11-4-3-5-12(11)16/h10-13,16H,3-9H2,1-2H3/t10?,11-,12-/m0/s1. The van der Waals surface area contributed by atoms with E-state index in [1.165, 1.54) is 13.0 Å². The monoisotopic (exact) mass is 227 g/mol. The topological polar surface area (TPSA) is 38.7 Å². The van der Waals surface area contributed by atoms with Gasteiger partial charge in [-0.3, -0.25) is 4.90 Å². The van der Waals surface area contributed by atoms with Crippen LogP contribution in [-0.4, -0.2) is 73.4 Å². The summed E-state index contributed by atoms with van der Waals surface area (Å²) in [5.74, 6) is 0. The van der Waals surface area contributed by atoms with Crippen LogP contribution in [0.5, 0.6) is 0 Å². The Kier molecular flexibility index (Phi) is 4.19. The molecule has 1 saturated heterocycles. The lowest BCUT2D eigenvalue weighted by Crippen LogP contribution is -2.55. The maximum atomic E-state index is 9.75. The van der Waals surface area contributed by atoms with Crippen LogP contribution in [0.15, 0.2) is 0 Å². The number of hydrogen-bond donors (Lipinski definition) is 2. The molecule has 1 aliphatic carbocycles. The number of piperazine rings is 1. The third kappa shape index (κ3) is 2.94. The minimum atomic E-state index is -0.119. The summed E-state index contributed by atoms with van der Waals surface area (Å²) in [5, 5.41) is 13.3. The van der Waals surface area contributed by atoms with E-state index in [0.29, 0.717) is 12.1 Å². The van der Waals surface area contributed by atoms with E-state index in [1.807, 2.05) is 0 Å². The van der Waals surface area contributed by atoms with Gasteiger partial charge in [-0.25, -0.2) is 0 Å². The largest absolute Gasteiger partial charge is 0.392 e. The molecule has 0 aromatic heterocycles. The maximum absolute atomic E-state index is 9.75. The lowest BCUT2D eigenvalue weighted by atomic mass is 10.1. The van der Waals surface area contributed by atoms with E-state index >= 15 is 0 Å². The molecule has 2 fully saturated rings. The molecule has 16 heavy (non-hydrogen) atoms. The van der Waals surface area contributed by atoms with E-state index in [4.69, 9.17) is 0 Å². The van der Waals surface area contributed by atoms with Crippen molar-refractivity contribution in [3.63, 3.8) is 0 Å². The highest BCUT2D eigenvalue weighted by atomic mass is 16.3. The van der Waals surface area contributed by atoms with Gasteiger partial charge in [-0.2, -0.15) is 0 Å². The van der Waals surface area contributed by atoms with Gasteiger partial charge in [0.1, 0.15) is 0 Å². The molecule has 2 N–H and O–H groups in total. The minimum Gasteiger partial charge on any atom is -0.392 e. The van der Waals surface area contributed by atoms with Crippen molar-refractivity contribution in [3.05, 3.63) is 0 Å². The number of hydrogen-bond acceptors (Lipinski definition) is 4. The van der Waals surface area contributed by atoms with Crippen molar-refractivity contribution in [1.29, 1.82) is 0 Å². The first-order valence-electron chi connectivity index (χ1n) is 6.47. The summed E-state index contributed by atoms with van der Waals surface area (Å²) >= 11 is 0. The third-order valence-electron chi connectivity index (χ3n) is 4.08. The normalized spacial score (nSPS) is 38.1. The molecule has 3 atom stereocenters. The molecule has 0 amide bonds. The van der Waals surface area contributed by atoms with Crippen LogP contribution in [0.25, 0.3) is 0 Å². The summed E-state index contributed by atoms with van der Waals surface area (Å²) in [7, 11) is 4.38. The summed E-state index contributed by atoms with van der Waals surface area (Å²) in [6.07, 6.45) is 3.15. The number of aliphatic hydroxyl groups is 1. The van der Waals surface area contributed by atoms with E-state index in [9.17, 15) is 5.11 Å². The van der Waals surface area contributed by atoms with Gasteiger partial charge in [0.2, 0.25) is 0 Å². The lowest BCUT2D eigenvalue weighted by Gasteiger charge is -2.38. The van der Waals surface area contributed by atoms with E-state index in [0.717, 1.165) is 32.5 Å². The lowest BCUT2D eigenvalue weighted by molar-refractivity contribution is 0.100. The summed E-state index contributed by atoms with van der Waals surface area (Å²) < 4.78 is 0. The molecule has 0 aromatic rings. The molecule has 4 heteroatoms. The van der Waals surface area contributed by atoms with E-state index in [2.05, 4.69) is 29.2 Å². The molecule has 0 bridgehead atoms. The van der Waals surface area contributed by atoms with Crippen molar-refractivity contribution in [1.82, 2.24) is 15.1 Å². The second-order valence-corrected chi connectivity index (χ2v) is 5.41. The molecule has 1 aliphatic heterocycles. The van der Waals surface area contributed by atoms with Crippen molar-refractivity contribution in [2.45, 2.75) is 37.5 Å². The van der Waals surface area contributed by atoms with Gasteiger partial charge in [0.15, 0.2) is 0 Å². The van der Waals surface area contributed by atoms with Gasteiger partial charge in [0, 0.05) is 38.3 Å². The van der Waals surface area contributed by atoms with Gasteiger partial charge in [-0.05, 0) is 33.4 Å². The first-order chi connectivity index (χ1) is 7.66. The van der Waals surface area contributed by atoms with Crippen molar-refractivity contribution >= 4 is 0 Å². The van der Waals surface area contributed by atoms with Crippen molar-refractivity contribution in [3.8, 4) is 0 Å². The van der Waals surface area contributed by atoms with E-state index in [-0.39, 0.29) is 6.10 Å². The van der Waals surface area contributed by atoms with Crippen molar-refractivity contribution < 1.29 is 5.11 Å². The van der Waals surface area contributed by atoms with E-state index < -0.39 is 0 Å². The molecular formula is C12H25N3O. The molecule has 2 rings (SSSR count). The Bertz CT molecular complexity index is 224. The molecule has 1 heterocycles. The number of nitrogens with zero attached hydrogens (tertiary/aromatic N) is 2. The molecular weight excluding hydrogens is 202 g/mol. The zero-order valence-corrected chi connectivity index (χ0v) is 10.5. The zero-order chi connectivity index (χ0) is 11.5. The smallest absolute Gasteiger partial charge is 0.0693 e. The molecule has 94 valence electrons. The van der Waals surface area contributed by atoms with Gasteiger partial charge in [0.25, 0.3) is 0 Å². The number of rotatable bonds is 3. The first kappa shape index (κ1) is 12.3. The zero-order valence-electron chi connectivity index (χ0n) is 10.5. The van der Waals surface area contributed by atoms with Crippen LogP contribution in [-0.2, 0) is 0 Å². The number of nitrogens with one attached hydrogen (secondary N) is 1. The van der Waals surface area contributed by atoms with Gasteiger partial charge < -0.3 is 15.3 Å². The molecule has 0 radical (unpaired) electrons. The second kappa shape index (κ2) is 5.45. The Morgan fingerprint density at radius 2 is 2.06 bits per heavy atom. The van der Waals surface area contributed by atoms with E-state index in [1.54, 1.807) is 0 Å². The Morgan fingerprint density at radius 1 is 1.25 bits per heavy atom. The first-order valence-corrected chi connectivity index (χ1v) is 6.47. The molecule has 4 nitrogen and oxygen atoms in total. The minimum absolute atomic E-state index is 0.119. The molecule has 0 spiro atoms. The molecule has 2 aliphatic rings. The summed E-state index contributed by atoms with van der Waals surface area (Å²) in [6, 6.07) is 0.923. The summed E-state index contributed by atoms with van der Waals surface area (Å²) in [6.45, 7) is 4.45. The van der Waals surface area contributed by atoms with Gasteiger partial charge in [-0.15, -0.1) is 0 Å². The van der Waals surface area contributed by atoms with Crippen molar-refractivity contribution in [2.75, 3.05) is 40.3 Å². The van der Waals surface area contributed by atoms with Crippen molar-refractivity contribution in [2.24, 2.45) is 0 Å². The molecule has 0 aromatic carbocycles. The highest BCUT2D eigenvalue weighted by Gasteiger charge is 2.27. The van der Waals surface area contributed by atoms with Gasteiger partial charge >= 0.3 is 0 Å². The SMILES string of the molecule is CN1CCN(C)C(CN[C@H]2CCC[C@@H]2O)C1. The van der Waals surface area contributed by atoms with Crippen LogP contribution in [0.2, 0.25) is 0 Å². The van der Waals surface area contributed by atoms with Crippen LogP contribution in [0, 0.1) is 0 Å². The Labute approximate surface area is 98.6 Å². The maximum Gasteiger partial charge on any atom is 0.0693 e. The Hall–Kier alpha value is -0.160. The van der Waals surface area contributed by atoms with Crippen LogP contribution in [0.1, 0.15) is 19.3 Å². The number of likely N-dealkylation sites (N-methyl/N-ethyl adjacent to an activating group) is 2. The average Bonchev–Trinajstić information content (AvgIpc) is 2.66. The Morgan fingerprint density at radius 3 is 2.75 bits per heavy atom. The number of aliphatic hydroxyl groups excluding tert-OH is 1. The molecule has 1 unspecified atom stereocenters. The third-order valence-corrected chi connectivity index (χ3v) is 4.08. The van der Waals surface area contributed by atoms with Crippen LogP contribution >= 0.6 is 0 Å². The van der Waals surface area contributed by atoms with Crippen LogP contribution in [0.3, 0.4) is 0 Å². The van der Waals surface area contributed by atoms with Gasteiger partial charge in [-0.1, -0.05) is 0 Å². The fraction of sp³-hybridized carbons (Fsp3) is 1.00. The quantitative estimate of drug-likeness (QED) is 0.696. The average molecular weight is 227 g/mol. The van der Waals surface area contributed by atoms with Crippen LogP contribution < -0.4 is 5.32 Å². The second-order valence-electron chi connectivity index (χ2n) is 5.41. The fourth-order valence-corrected chi connectivity index (χ4v) is 2.79.